The minimum absolute atomic E-state index is 0.335. The van der Waals surface area contributed by atoms with Crippen LogP contribution in [0.5, 0.6) is 0 Å². The van der Waals surface area contributed by atoms with Gasteiger partial charge in [-0.3, -0.25) is 0 Å². The first-order valence-corrected chi connectivity index (χ1v) is 6.36. The summed E-state index contributed by atoms with van der Waals surface area (Å²) in [7, 11) is 0. The fraction of sp³-hybridized carbons (Fsp3) is 0.571. The van der Waals surface area contributed by atoms with Crippen molar-refractivity contribution in [2.75, 3.05) is 26.4 Å². The minimum Gasteiger partial charge on any atom is -0.374 e. The van der Waals surface area contributed by atoms with Gasteiger partial charge in [0.05, 0.1) is 39.6 Å². The van der Waals surface area contributed by atoms with Crippen molar-refractivity contribution in [3.63, 3.8) is 0 Å². The molecule has 2 atom stereocenters. The quantitative estimate of drug-likeness (QED) is 0.656. The predicted octanol–water partition coefficient (Wildman–Crippen LogP) is 1.52. The molecular weight excluding hydrogens is 232 g/mol. The largest absolute Gasteiger partial charge is 0.374 e. The van der Waals surface area contributed by atoms with E-state index in [-0.39, 0.29) is 0 Å². The second-order valence-electron chi connectivity index (χ2n) is 4.76. The molecule has 2 heterocycles. The SMILES string of the molecule is c1cc(COCC2CO2)ccc1COCC1CO1. The summed E-state index contributed by atoms with van der Waals surface area (Å²) in [4.78, 5) is 0. The molecule has 0 bridgehead atoms. The van der Waals surface area contributed by atoms with E-state index in [0.29, 0.717) is 38.6 Å². The second kappa shape index (κ2) is 5.80. The van der Waals surface area contributed by atoms with Gasteiger partial charge in [-0.25, -0.2) is 0 Å². The van der Waals surface area contributed by atoms with Gasteiger partial charge in [0.2, 0.25) is 0 Å². The number of hydrogen-bond acceptors (Lipinski definition) is 4. The molecule has 3 rings (SSSR count). The Morgan fingerprint density at radius 2 is 1.22 bits per heavy atom. The van der Waals surface area contributed by atoms with Crippen LogP contribution in [0.25, 0.3) is 0 Å². The van der Waals surface area contributed by atoms with Gasteiger partial charge in [-0.05, 0) is 11.1 Å². The van der Waals surface area contributed by atoms with Crippen molar-refractivity contribution in [3.8, 4) is 0 Å². The Morgan fingerprint density at radius 1 is 0.833 bits per heavy atom. The van der Waals surface area contributed by atoms with Gasteiger partial charge >= 0.3 is 0 Å². The van der Waals surface area contributed by atoms with E-state index in [1.165, 1.54) is 11.1 Å². The third kappa shape index (κ3) is 4.07. The Labute approximate surface area is 107 Å². The van der Waals surface area contributed by atoms with E-state index in [4.69, 9.17) is 18.9 Å². The summed E-state index contributed by atoms with van der Waals surface area (Å²) in [6, 6.07) is 8.33. The van der Waals surface area contributed by atoms with Crippen LogP contribution in [0.3, 0.4) is 0 Å². The normalized spacial score (nSPS) is 25.1. The zero-order chi connectivity index (χ0) is 12.2. The second-order valence-corrected chi connectivity index (χ2v) is 4.76. The molecule has 0 radical (unpaired) electrons. The lowest BCUT2D eigenvalue weighted by molar-refractivity contribution is 0.102. The summed E-state index contributed by atoms with van der Waals surface area (Å²) in [5, 5.41) is 0. The zero-order valence-electron chi connectivity index (χ0n) is 10.3. The van der Waals surface area contributed by atoms with Crippen molar-refractivity contribution in [2.24, 2.45) is 0 Å². The van der Waals surface area contributed by atoms with Crippen molar-refractivity contribution in [2.45, 2.75) is 25.4 Å². The fourth-order valence-electron chi connectivity index (χ4n) is 1.68. The van der Waals surface area contributed by atoms with E-state index < -0.39 is 0 Å². The summed E-state index contributed by atoms with van der Waals surface area (Å²) < 4.78 is 21.2. The topological polar surface area (TPSA) is 43.5 Å². The molecule has 2 aliphatic heterocycles. The molecule has 0 aromatic heterocycles. The number of rotatable bonds is 8. The summed E-state index contributed by atoms with van der Waals surface area (Å²) in [5.41, 5.74) is 2.37. The Kier molecular flexibility index (Phi) is 3.90. The molecule has 2 aliphatic rings. The molecule has 4 heteroatoms. The molecule has 4 nitrogen and oxygen atoms in total. The maximum absolute atomic E-state index is 5.53. The van der Waals surface area contributed by atoms with Gasteiger partial charge < -0.3 is 18.9 Å². The van der Waals surface area contributed by atoms with Gasteiger partial charge in [0, 0.05) is 0 Å². The standard InChI is InChI=1S/C14H18O4/c1-2-12(6-16-8-14-10-18-14)4-3-11(1)5-15-7-13-9-17-13/h1-4,13-14H,5-10H2. The van der Waals surface area contributed by atoms with E-state index in [2.05, 4.69) is 24.3 Å². The highest BCUT2D eigenvalue weighted by Crippen LogP contribution is 2.13. The van der Waals surface area contributed by atoms with Crippen LogP contribution in [0.15, 0.2) is 24.3 Å². The zero-order valence-corrected chi connectivity index (χ0v) is 10.3. The number of hydrogen-bond donors (Lipinski definition) is 0. The van der Waals surface area contributed by atoms with Crippen LogP contribution in [-0.4, -0.2) is 38.6 Å². The Balaban J connectivity index is 1.36. The number of ether oxygens (including phenoxy) is 4. The first-order valence-electron chi connectivity index (χ1n) is 6.36. The van der Waals surface area contributed by atoms with Crippen LogP contribution < -0.4 is 0 Å². The molecule has 0 amide bonds. The third-order valence-electron chi connectivity index (χ3n) is 2.97. The van der Waals surface area contributed by atoms with Crippen LogP contribution >= 0.6 is 0 Å². The highest BCUT2D eigenvalue weighted by atomic mass is 16.6. The van der Waals surface area contributed by atoms with Crippen molar-refractivity contribution in [3.05, 3.63) is 35.4 Å². The molecule has 1 aromatic rings. The molecule has 0 aliphatic carbocycles. The molecule has 18 heavy (non-hydrogen) atoms. The lowest BCUT2D eigenvalue weighted by atomic mass is 10.1. The Bertz CT molecular complexity index is 331. The van der Waals surface area contributed by atoms with E-state index in [1.54, 1.807) is 0 Å². The average Bonchev–Trinajstić information content (AvgIpc) is 3.25. The lowest BCUT2D eigenvalue weighted by Gasteiger charge is -2.05. The van der Waals surface area contributed by atoms with Crippen LogP contribution in [0.1, 0.15) is 11.1 Å². The minimum atomic E-state index is 0.335. The smallest absolute Gasteiger partial charge is 0.104 e. The summed E-state index contributed by atoms with van der Waals surface area (Å²) in [5.74, 6) is 0. The molecular formula is C14H18O4. The maximum Gasteiger partial charge on any atom is 0.104 e. The average molecular weight is 250 g/mol. The van der Waals surface area contributed by atoms with Crippen LogP contribution in [0.4, 0.5) is 0 Å². The van der Waals surface area contributed by atoms with E-state index in [9.17, 15) is 0 Å². The van der Waals surface area contributed by atoms with Crippen LogP contribution in [-0.2, 0) is 32.2 Å². The number of benzene rings is 1. The monoisotopic (exact) mass is 250 g/mol. The molecule has 98 valence electrons. The van der Waals surface area contributed by atoms with Gasteiger partial charge in [-0.1, -0.05) is 24.3 Å². The first kappa shape index (κ1) is 12.1. The van der Waals surface area contributed by atoms with E-state index in [0.717, 1.165) is 13.2 Å². The molecule has 0 saturated carbocycles. The van der Waals surface area contributed by atoms with Gasteiger partial charge in [0.1, 0.15) is 12.2 Å². The maximum atomic E-state index is 5.53. The van der Waals surface area contributed by atoms with E-state index in [1.807, 2.05) is 0 Å². The first-order chi connectivity index (χ1) is 8.90. The van der Waals surface area contributed by atoms with Crippen molar-refractivity contribution < 1.29 is 18.9 Å². The Morgan fingerprint density at radius 3 is 1.56 bits per heavy atom. The van der Waals surface area contributed by atoms with Gasteiger partial charge in [-0.2, -0.15) is 0 Å². The predicted molar refractivity (Wildman–Crippen MR) is 65.2 cm³/mol. The van der Waals surface area contributed by atoms with Crippen molar-refractivity contribution >= 4 is 0 Å². The highest BCUT2D eigenvalue weighted by Gasteiger charge is 2.22. The van der Waals surface area contributed by atoms with Crippen LogP contribution in [0, 0.1) is 0 Å². The van der Waals surface area contributed by atoms with Crippen molar-refractivity contribution in [1.82, 2.24) is 0 Å². The van der Waals surface area contributed by atoms with Crippen LogP contribution in [0.2, 0.25) is 0 Å². The Hall–Kier alpha value is -0.940. The third-order valence-corrected chi connectivity index (χ3v) is 2.97. The van der Waals surface area contributed by atoms with Gasteiger partial charge in [-0.15, -0.1) is 0 Å². The van der Waals surface area contributed by atoms with Crippen molar-refractivity contribution in [1.29, 1.82) is 0 Å². The van der Waals surface area contributed by atoms with E-state index >= 15 is 0 Å². The molecule has 0 N–H and O–H groups in total. The lowest BCUT2D eigenvalue weighted by Crippen LogP contribution is -2.02. The summed E-state index contributed by atoms with van der Waals surface area (Å²) in [6.45, 7) is 4.40. The number of epoxide rings is 2. The molecule has 2 unspecified atom stereocenters. The van der Waals surface area contributed by atoms with Gasteiger partial charge in [0.25, 0.3) is 0 Å². The van der Waals surface area contributed by atoms with Gasteiger partial charge in [0.15, 0.2) is 0 Å². The fourth-order valence-corrected chi connectivity index (χ4v) is 1.68. The molecule has 1 aromatic carbocycles. The summed E-state index contributed by atoms with van der Waals surface area (Å²) >= 11 is 0. The molecule has 2 fully saturated rings. The molecule has 2 saturated heterocycles. The highest BCUT2D eigenvalue weighted by molar-refractivity contribution is 5.21. The molecule has 0 spiro atoms. The summed E-state index contributed by atoms with van der Waals surface area (Å²) in [6.07, 6.45) is 0.671.